The Bertz CT molecular complexity index is 507. The maximum atomic E-state index is 12.2. The average Bonchev–Trinajstić information content (AvgIpc) is 2.48. The Morgan fingerprint density at radius 2 is 2.00 bits per heavy atom. The van der Waals surface area contributed by atoms with Crippen LogP contribution in [0.5, 0.6) is 0 Å². The van der Waals surface area contributed by atoms with Gasteiger partial charge in [-0.05, 0) is 31.2 Å². The number of nitrogens with zero attached hydrogens (tertiary/aromatic N) is 1. The predicted octanol–water partition coefficient (Wildman–Crippen LogP) is 2.18. The molecule has 1 aliphatic carbocycles. The lowest BCUT2D eigenvalue weighted by atomic mass is 9.94. The molecule has 1 heterocycles. The number of amides is 1. The van der Waals surface area contributed by atoms with E-state index in [9.17, 15) is 9.59 Å². The molecule has 0 aliphatic heterocycles. The number of pyridine rings is 1. The van der Waals surface area contributed by atoms with E-state index in [0.717, 1.165) is 19.3 Å². The number of thioether (sulfide) groups is 1. The molecule has 1 fully saturated rings. The molecule has 6 heteroatoms. The summed E-state index contributed by atoms with van der Waals surface area (Å²) < 4.78 is 0. The molecule has 2 unspecified atom stereocenters. The molecule has 0 bridgehead atoms. The van der Waals surface area contributed by atoms with Crippen LogP contribution in [0.4, 0.5) is 0 Å². The molecule has 2 atom stereocenters. The first kappa shape index (κ1) is 14.8. The van der Waals surface area contributed by atoms with Crippen LogP contribution in [0.2, 0.25) is 0 Å². The van der Waals surface area contributed by atoms with Gasteiger partial charge in [-0.1, -0.05) is 18.9 Å². The Morgan fingerprint density at radius 1 is 1.30 bits per heavy atom. The molecule has 0 radical (unpaired) electrons. The van der Waals surface area contributed by atoms with Crippen molar-refractivity contribution in [3.63, 3.8) is 0 Å². The first-order valence-corrected chi connectivity index (χ1v) is 7.94. The van der Waals surface area contributed by atoms with Crippen molar-refractivity contribution in [3.8, 4) is 0 Å². The van der Waals surface area contributed by atoms with Crippen LogP contribution in [0.15, 0.2) is 18.2 Å². The third-order valence-corrected chi connectivity index (χ3v) is 4.69. The summed E-state index contributed by atoms with van der Waals surface area (Å²) in [6.45, 7) is 0. The zero-order chi connectivity index (χ0) is 14.5. The number of hydrogen-bond donors (Lipinski definition) is 2. The number of carbonyl (C=O) groups is 2. The smallest absolute Gasteiger partial charge is 0.354 e. The quantitative estimate of drug-likeness (QED) is 0.890. The second kappa shape index (κ2) is 6.74. The van der Waals surface area contributed by atoms with Crippen LogP contribution in [0, 0.1) is 0 Å². The standard InChI is InChI=1S/C14H18N2O3S/c1-20-12-8-3-2-5-9(12)16-13(17)10-6-4-7-11(15-10)14(18)19/h4,6-7,9,12H,2-3,5,8H2,1H3,(H,16,17)(H,18,19). The Labute approximate surface area is 122 Å². The molecule has 0 aromatic carbocycles. The summed E-state index contributed by atoms with van der Waals surface area (Å²) in [5.74, 6) is -1.42. The zero-order valence-electron chi connectivity index (χ0n) is 11.3. The van der Waals surface area contributed by atoms with Crippen LogP contribution in [0.1, 0.15) is 46.7 Å². The molecule has 0 saturated heterocycles. The van der Waals surface area contributed by atoms with E-state index in [-0.39, 0.29) is 23.3 Å². The van der Waals surface area contributed by atoms with Crippen molar-refractivity contribution >= 4 is 23.6 Å². The van der Waals surface area contributed by atoms with E-state index in [1.807, 2.05) is 0 Å². The van der Waals surface area contributed by atoms with Crippen LogP contribution in [-0.4, -0.2) is 39.5 Å². The highest BCUT2D eigenvalue weighted by atomic mass is 32.2. The Kier molecular flexibility index (Phi) is 5.00. The highest BCUT2D eigenvalue weighted by Gasteiger charge is 2.26. The van der Waals surface area contributed by atoms with Crippen LogP contribution < -0.4 is 5.32 Å². The topological polar surface area (TPSA) is 79.3 Å². The van der Waals surface area contributed by atoms with Gasteiger partial charge in [0.2, 0.25) is 0 Å². The van der Waals surface area contributed by atoms with Gasteiger partial charge in [0.05, 0.1) is 0 Å². The van der Waals surface area contributed by atoms with Gasteiger partial charge in [-0.25, -0.2) is 9.78 Å². The van der Waals surface area contributed by atoms with E-state index in [4.69, 9.17) is 5.11 Å². The fraction of sp³-hybridized carbons (Fsp3) is 0.500. The molecule has 108 valence electrons. The number of hydrogen-bond acceptors (Lipinski definition) is 4. The predicted molar refractivity (Wildman–Crippen MR) is 78.2 cm³/mol. The minimum atomic E-state index is -1.13. The van der Waals surface area contributed by atoms with Crippen molar-refractivity contribution in [1.82, 2.24) is 10.3 Å². The molecule has 1 saturated carbocycles. The van der Waals surface area contributed by atoms with Crippen LogP contribution in [-0.2, 0) is 0 Å². The van der Waals surface area contributed by atoms with Gasteiger partial charge in [0.1, 0.15) is 11.4 Å². The first-order valence-electron chi connectivity index (χ1n) is 6.66. The van der Waals surface area contributed by atoms with E-state index in [2.05, 4.69) is 16.6 Å². The normalized spacial score (nSPS) is 22.2. The number of carbonyl (C=O) groups excluding carboxylic acids is 1. The van der Waals surface area contributed by atoms with Crippen molar-refractivity contribution in [2.24, 2.45) is 0 Å². The van der Waals surface area contributed by atoms with Gasteiger partial charge in [-0.2, -0.15) is 11.8 Å². The number of carboxylic acid groups (broad SMARTS) is 1. The summed E-state index contributed by atoms with van der Waals surface area (Å²) in [6.07, 6.45) is 6.44. The summed E-state index contributed by atoms with van der Waals surface area (Å²) in [5, 5.41) is 12.3. The van der Waals surface area contributed by atoms with E-state index < -0.39 is 5.97 Å². The summed E-state index contributed by atoms with van der Waals surface area (Å²) in [7, 11) is 0. The molecule has 2 rings (SSSR count). The highest BCUT2D eigenvalue weighted by Crippen LogP contribution is 2.27. The summed E-state index contributed by atoms with van der Waals surface area (Å²) in [5.41, 5.74) is 0.0537. The lowest BCUT2D eigenvalue weighted by molar-refractivity contribution is 0.0690. The average molecular weight is 294 g/mol. The second-order valence-electron chi connectivity index (χ2n) is 4.85. The lowest BCUT2D eigenvalue weighted by Gasteiger charge is -2.30. The minimum absolute atomic E-state index is 0.109. The van der Waals surface area contributed by atoms with Crippen molar-refractivity contribution in [3.05, 3.63) is 29.6 Å². The molecular weight excluding hydrogens is 276 g/mol. The Morgan fingerprint density at radius 3 is 2.70 bits per heavy atom. The molecule has 20 heavy (non-hydrogen) atoms. The van der Waals surface area contributed by atoms with Gasteiger partial charge in [-0.3, -0.25) is 4.79 Å². The second-order valence-corrected chi connectivity index (χ2v) is 5.93. The molecule has 5 nitrogen and oxygen atoms in total. The van der Waals surface area contributed by atoms with Crippen LogP contribution in [0.3, 0.4) is 0 Å². The Balaban J connectivity index is 2.07. The highest BCUT2D eigenvalue weighted by molar-refractivity contribution is 7.99. The summed E-state index contributed by atoms with van der Waals surface area (Å²) >= 11 is 1.77. The van der Waals surface area contributed by atoms with Gasteiger partial charge >= 0.3 is 5.97 Å². The van der Waals surface area contributed by atoms with Crippen molar-refractivity contribution < 1.29 is 14.7 Å². The molecular formula is C14H18N2O3S. The number of rotatable bonds is 4. The maximum Gasteiger partial charge on any atom is 0.354 e. The SMILES string of the molecule is CSC1CCCCC1NC(=O)c1cccc(C(=O)O)n1. The van der Waals surface area contributed by atoms with Crippen molar-refractivity contribution in [2.75, 3.05) is 6.26 Å². The third kappa shape index (κ3) is 3.50. The van der Waals surface area contributed by atoms with Gasteiger partial charge in [0.25, 0.3) is 5.91 Å². The van der Waals surface area contributed by atoms with Gasteiger partial charge in [-0.15, -0.1) is 0 Å². The van der Waals surface area contributed by atoms with Gasteiger partial charge in [0, 0.05) is 11.3 Å². The maximum absolute atomic E-state index is 12.2. The van der Waals surface area contributed by atoms with E-state index in [1.165, 1.54) is 18.6 Å². The summed E-state index contributed by atoms with van der Waals surface area (Å²) in [4.78, 5) is 26.9. The fourth-order valence-corrected chi connectivity index (χ4v) is 3.40. The zero-order valence-corrected chi connectivity index (χ0v) is 12.2. The monoisotopic (exact) mass is 294 g/mol. The van der Waals surface area contributed by atoms with E-state index in [1.54, 1.807) is 17.8 Å². The third-order valence-electron chi connectivity index (χ3n) is 3.52. The lowest BCUT2D eigenvalue weighted by Crippen LogP contribution is -2.44. The van der Waals surface area contributed by atoms with Gasteiger partial charge < -0.3 is 10.4 Å². The molecule has 1 aliphatic rings. The fourth-order valence-electron chi connectivity index (χ4n) is 2.47. The minimum Gasteiger partial charge on any atom is -0.477 e. The molecule has 1 aromatic heterocycles. The number of carboxylic acids is 1. The van der Waals surface area contributed by atoms with Gasteiger partial charge in [0.15, 0.2) is 0 Å². The molecule has 1 amide bonds. The van der Waals surface area contributed by atoms with Crippen LogP contribution >= 0.6 is 11.8 Å². The Hall–Kier alpha value is -1.56. The molecule has 2 N–H and O–H groups in total. The molecule has 1 aromatic rings. The number of aromatic carboxylic acids is 1. The molecule has 0 spiro atoms. The van der Waals surface area contributed by atoms with Crippen LogP contribution in [0.25, 0.3) is 0 Å². The largest absolute Gasteiger partial charge is 0.477 e. The van der Waals surface area contributed by atoms with Crippen molar-refractivity contribution in [2.45, 2.75) is 37.0 Å². The van der Waals surface area contributed by atoms with E-state index in [0.29, 0.717) is 5.25 Å². The number of nitrogens with one attached hydrogen (secondary N) is 1. The summed E-state index contributed by atoms with van der Waals surface area (Å²) in [6, 6.07) is 4.60. The number of aromatic nitrogens is 1. The first-order chi connectivity index (χ1) is 9.61. The van der Waals surface area contributed by atoms with Crippen molar-refractivity contribution in [1.29, 1.82) is 0 Å². The van der Waals surface area contributed by atoms with E-state index >= 15 is 0 Å².